The summed E-state index contributed by atoms with van der Waals surface area (Å²) < 4.78 is 11.1. The molecule has 1 aromatic heterocycles. The summed E-state index contributed by atoms with van der Waals surface area (Å²) in [5.74, 6) is -0.936. The Labute approximate surface area is 76.5 Å². The summed E-state index contributed by atoms with van der Waals surface area (Å²) in [6.07, 6.45) is 0. The molecular weight excluding hydrogens is 196 g/mol. The third kappa shape index (κ3) is 3.15. The fourth-order valence-electron chi connectivity index (χ4n) is 0.749. The quantitative estimate of drug-likeness (QED) is 0.798. The van der Waals surface area contributed by atoms with Crippen molar-refractivity contribution in [1.29, 1.82) is 0 Å². The Balaban J connectivity index is 2.42. The van der Waals surface area contributed by atoms with Crippen molar-refractivity contribution in [2.45, 2.75) is 5.75 Å². The Morgan fingerprint density at radius 1 is 1.67 bits per heavy atom. The summed E-state index contributed by atoms with van der Waals surface area (Å²) in [5, 5.41) is 12.1. The topological polar surface area (TPSA) is 54.4 Å². The smallest absolute Gasteiger partial charge is 0.316 e. The highest BCUT2D eigenvalue weighted by atomic mass is 32.2. The van der Waals surface area contributed by atoms with Crippen molar-refractivity contribution < 1.29 is 14.1 Å². The van der Waals surface area contributed by atoms with Gasteiger partial charge in [-0.15, -0.1) is 0 Å². The molecule has 1 rings (SSSR count). The van der Waals surface area contributed by atoms with Crippen LogP contribution < -0.4 is 0 Å². The maximum absolute atomic E-state index is 11.1. The van der Waals surface area contributed by atoms with Crippen LogP contribution in [0.2, 0.25) is 0 Å². The van der Waals surface area contributed by atoms with Crippen LogP contribution in [0.5, 0.6) is 0 Å². The molecule has 0 aliphatic carbocycles. The molecule has 66 valence electrons. The lowest BCUT2D eigenvalue weighted by Gasteiger charge is -1.94. The lowest BCUT2D eigenvalue weighted by atomic mass is 10.4. The summed E-state index contributed by atoms with van der Waals surface area (Å²) in [4.78, 5) is 10.1. The highest BCUT2D eigenvalue weighted by molar-refractivity contribution is 7.84. The third-order valence-electron chi connectivity index (χ3n) is 1.19. The van der Waals surface area contributed by atoms with Crippen LogP contribution in [0, 0.1) is 0 Å². The first-order valence-corrected chi connectivity index (χ1v) is 5.69. The van der Waals surface area contributed by atoms with E-state index in [1.165, 1.54) is 11.3 Å². The average Bonchev–Trinajstić information content (AvgIpc) is 2.37. The van der Waals surface area contributed by atoms with E-state index in [0.717, 1.165) is 5.56 Å². The molecule has 12 heavy (non-hydrogen) atoms. The first kappa shape index (κ1) is 9.41. The monoisotopic (exact) mass is 204 g/mol. The largest absolute Gasteiger partial charge is 0.481 e. The number of carboxylic acid groups (broad SMARTS) is 1. The number of aliphatic carboxylic acids is 1. The van der Waals surface area contributed by atoms with Crippen molar-refractivity contribution in [3.8, 4) is 0 Å². The Kier molecular flexibility index (Phi) is 3.43. The molecule has 0 spiro atoms. The lowest BCUT2D eigenvalue weighted by molar-refractivity contribution is -0.133. The van der Waals surface area contributed by atoms with Crippen molar-refractivity contribution in [1.82, 2.24) is 0 Å². The zero-order valence-electron chi connectivity index (χ0n) is 6.23. The van der Waals surface area contributed by atoms with E-state index in [4.69, 9.17) is 5.11 Å². The van der Waals surface area contributed by atoms with Gasteiger partial charge < -0.3 is 5.11 Å². The average molecular weight is 204 g/mol. The van der Waals surface area contributed by atoms with Crippen LogP contribution >= 0.6 is 11.3 Å². The van der Waals surface area contributed by atoms with Gasteiger partial charge in [0.15, 0.2) is 0 Å². The van der Waals surface area contributed by atoms with Gasteiger partial charge in [0.25, 0.3) is 0 Å². The summed E-state index contributed by atoms with van der Waals surface area (Å²) in [7, 11) is -1.27. The fourth-order valence-corrected chi connectivity index (χ4v) is 2.45. The molecule has 0 radical (unpaired) electrons. The summed E-state index contributed by atoms with van der Waals surface area (Å²) >= 11 is 1.52. The number of hydrogen-bond acceptors (Lipinski definition) is 3. The van der Waals surface area contributed by atoms with Crippen LogP contribution in [-0.4, -0.2) is 21.0 Å². The van der Waals surface area contributed by atoms with Gasteiger partial charge in [-0.25, -0.2) is 0 Å². The van der Waals surface area contributed by atoms with Gasteiger partial charge >= 0.3 is 5.97 Å². The summed E-state index contributed by atoms with van der Waals surface area (Å²) in [6.45, 7) is 0. The van der Waals surface area contributed by atoms with Gasteiger partial charge in [-0.1, -0.05) is 0 Å². The van der Waals surface area contributed by atoms with Gasteiger partial charge in [0.05, 0.1) is 0 Å². The van der Waals surface area contributed by atoms with Crippen molar-refractivity contribution in [3.05, 3.63) is 22.4 Å². The molecule has 0 aliphatic rings. The Morgan fingerprint density at radius 2 is 2.42 bits per heavy atom. The minimum Gasteiger partial charge on any atom is -0.481 e. The molecule has 0 aliphatic heterocycles. The molecule has 1 unspecified atom stereocenters. The molecule has 3 nitrogen and oxygen atoms in total. The number of rotatable bonds is 4. The van der Waals surface area contributed by atoms with E-state index in [9.17, 15) is 9.00 Å². The van der Waals surface area contributed by atoms with Crippen LogP contribution in [0.15, 0.2) is 16.8 Å². The van der Waals surface area contributed by atoms with Gasteiger partial charge in [-0.3, -0.25) is 9.00 Å². The normalized spacial score (nSPS) is 12.7. The molecular formula is C7H8O3S2. The van der Waals surface area contributed by atoms with Crippen LogP contribution in [0.4, 0.5) is 0 Å². The first-order chi connectivity index (χ1) is 5.68. The zero-order valence-corrected chi connectivity index (χ0v) is 7.86. The van der Waals surface area contributed by atoms with E-state index in [0.29, 0.717) is 5.75 Å². The third-order valence-corrected chi connectivity index (χ3v) is 3.15. The molecule has 1 N–H and O–H groups in total. The van der Waals surface area contributed by atoms with Crippen LogP contribution in [-0.2, 0) is 21.3 Å². The van der Waals surface area contributed by atoms with Gasteiger partial charge in [0, 0.05) is 16.6 Å². The molecule has 1 atom stereocenters. The minimum absolute atomic E-state index is 0.268. The number of carboxylic acids is 1. The SMILES string of the molecule is O=C(O)CS(=O)Cc1ccsc1. The maximum atomic E-state index is 11.1. The number of hydrogen-bond donors (Lipinski definition) is 1. The highest BCUT2D eigenvalue weighted by Crippen LogP contribution is 2.08. The van der Waals surface area contributed by atoms with Gasteiger partial charge in [-0.05, 0) is 22.4 Å². The Hall–Kier alpha value is -0.680. The van der Waals surface area contributed by atoms with Gasteiger partial charge in [0.1, 0.15) is 5.75 Å². The predicted molar refractivity (Wildman–Crippen MR) is 48.7 cm³/mol. The van der Waals surface area contributed by atoms with Gasteiger partial charge in [-0.2, -0.15) is 11.3 Å². The van der Waals surface area contributed by atoms with E-state index in [2.05, 4.69) is 0 Å². The summed E-state index contributed by atoms with van der Waals surface area (Å²) in [5.41, 5.74) is 0.944. The van der Waals surface area contributed by atoms with Crippen molar-refractivity contribution in [2.24, 2.45) is 0 Å². The second kappa shape index (κ2) is 4.37. The molecule has 1 heterocycles. The zero-order chi connectivity index (χ0) is 8.97. The van der Waals surface area contributed by atoms with E-state index in [1.54, 1.807) is 0 Å². The van der Waals surface area contributed by atoms with Crippen molar-refractivity contribution >= 4 is 28.1 Å². The van der Waals surface area contributed by atoms with E-state index >= 15 is 0 Å². The molecule has 5 heteroatoms. The number of thiophene rings is 1. The standard InChI is InChI=1S/C7H8O3S2/c8-7(9)5-12(10)4-6-1-2-11-3-6/h1-3H,4-5H2,(H,8,9). The Morgan fingerprint density at radius 3 is 2.92 bits per heavy atom. The maximum Gasteiger partial charge on any atom is 0.316 e. The molecule has 0 bridgehead atoms. The summed E-state index contributed by atoms with van der Waals surface area (Å²) in [6, 6.07) is 1.85. The lowest BCUT2D eigenvalue weighted by Crippen LogP contribution is -2.10. The second-order valence-electron chi connectivity index (χ2n) is 2.25. The van der Waals surface area contributed by atoms with Crippen molar-refractivity contribution in [2.75, 3.05) is 5.75 Å². The molecule has 0 amide bonds. The van der Waals surface area contributed by atoms with E-state index in [-0.39, 0.29) is 5.75 Å². The fraction of sp³-hybridized carbons (Fsp3) is 0.286. The van der Waals surface area contributed by atoms with Crippen LogP contribution in [0.1, 0.15) is 5.56 Å². The molecule has 0 saturated carbocycles. The highest BCUT2D eigenvalue weighted by Gasteiger charge is 2.06. The molecule has 0 fully saturated rings. The predicted octanol–water partition coefficient (Wildman–Crippen LogP) is 1.08. The molecule has 0 aromatic carbocycles. The molecule has 1 aromatic rings. The Bertz CT molecular complexity index is 279. The molecule has 0 saturated heterocycles. The van der Waals surface area contributed by atoms with Crippen LogP contribution in [0.25, 0.3) is 0 Å². The second-order valence-corrected chi connectivity index (χ2v) is 4.49. The van der Waals surface area contributed by atoms with Crippen LogP contribution in [0.3, 0.4) is 0 Å². The van der Waals surface area contributed by atoms with E-state index < -0.39 is 16.8 Å². The van der Waals surface area contributed by atoms with Gasteiger partial charge in [0.2, 0.25) is 0 Å². The minimum atomic E-state index is -1.27. The van der Waals surface area contributed by atoms with E-state index in [1.807, 2.05) is 16.8 Å². The first-order valence-electron chi connectivity index (χ1n) is 3.26. The van der Waals surface area contributed by atoms with Crippen molar-refractivity contribution in [3.63, 3.8) is 0 Å². The number of carbonyl (C=O) groups is 1.